The van der Waals surface area contributed by atoms with Gasteiger partial charge in [0.1, 0.15) is 6.23 Å². The van der Waals surface area contributed by atoms with Crippen LogP contribution in [0.4, 0.5) is 0 Å². The van der Waals surface area contributed by atoms with E-state index in [-0.39, 0.29) is 0 Å². The van der Waals surface area contributed by atoms with Gasteiger partial charge in [0, 0.05) is 0 Å². The van der Waals surface area contributed by atoms with Crippen LogP contribution in [0.15, 0.2) is 0 Å². The molecular formula is C10H17ClN2O. The normalized spacial score (nSPS) is 13.2. The summed E-state index contributed by atoms with van der Waals surface area (Å²) in [6, 6.07) is 0. The molecule has 0 saturated heterocycles. The maximum absolute atomic E-state index is 9.81. The molecule has 0 radical (unpaired) electrons. The Morgan fingerprint density at radius 3 is 2.57 bits per heavy atom. The molecule has 1 N–H and O–H groups in total. The number of aliphatic hydroxyl groups is 1. The number of hydrogen-bond acceptors (Lipinski definition) is 2. The van der Waals surface area contributed by atoms with E-state index < -0.39 is 6.23 Å². The average molecular weight is 217 g/mol. The highest BCUT2D eigenvalue weighted by Gasteiger charge is 2.14. The van der Waals surface area contributed by atoms with E-state index in [4.69, 9.17) is 11.6 Å². The zero-order valence-corrected chi connectivity index (χ0v) is 9.67. The second-order valence-electron chi connectivity index (χ2n) is 3.55. The summed E-state index contributed by atoms with van der Waals surface area (Å²) in [5.41, 5.74) is 1.62. The van der Waals surface area contributed by atoms with Gasteiger partial charge in [-0.15, -0.1) is 0 Å². The lowest BCUT2D eigenvalue weighted by atomic mass is 10.2. The first kappa shape index (κ1) is 11.5. The molecule has 1 atom stereocenters. The smallest absolute Gasteiger partial charge is 0.147 e. The minimum atomic E-state index is -0.541. The average Bonchev–Trinajstić information content (AvgIpc) is 2.42. The molecule has 14 heavy (non-hydrogen) atoms. The van der Waals surface area contributed by atoms with Crippen LogP contribution in [0.1, 0.15) is 43.8 Å². The Morgan fingerprint density at radius 1 is 1.50 bits per heavy atom. The summed E-state index contributed by atoms with van der Waals surface area (Å²) in [5.74, 6) is 0. The molecule has 1 rings (SSSR count). The zero-order chi connectivity index (χ0) is 10.7. The van der Waals surface area contributed by atoms with E-state index in [1.807, 2.05) is 13.8 Å². The SMILES string of the molecule is CCCCC(O)n1nc(C)c(Cl)c1C. The van der Waals surface area contributed by atoms with Crippen LogP contribution in [0.25, 0.3) is 0 Å². The van der Waals surface area contributed by atoms with Gasteiger partial charge in [-0.25, -0.2) is 4.68 Å². The molecule has 1 aromatic rings. The monoisotopic (exact) mass is 216 g/mol. The third-order valence-corrected chi connectivity index (χ3v) is 2.88. The number of aliphatic hydroxyl groups excluding tert-OH is 1. The van der Waals surface area contributed by atoms with Crippen molar-refractivity contribution in [3.05, 3.63) is 16.4 Å². The second-order valence-corrected chi connectivity index (χ2v) is 3.93. The molecule has 4 heteroatoms. The van der Waals surface area contributed by atoms with Crippen molar-refractivity contribution < 1.29 is 5.11 Å². The lowest BCUT2D eigenvalue weighted by Crippen LogP contribution is -2.11. The number of halogens is 1. The summed E-state index contributed by atoms with van der Waals surface area (Å²) in [4.78, 5) is 0. The molecule has 0 spiro atoms. The van der Waals surface area contributed by atoms with Gasteiger partial charge >= 0.3 is 0 Å². The topological polar surface area (TPSA) is 38.0 Å². The van der Waals surface area contributed by atoms with Gasteiger partial charge in [0.05, 0.1) is 16.4 Å². The summed E-state index contributed by atoms with van der Waals surface area (Å²) < 4.78 is 1.60. The molecule has 0 aliphatic rings. The molecule has 3 nitrogen and oxygen atoms in total. The quantitative estimate of drug-likeness (QED) is 0.841. The van der Waals surface area contributed by atoms with Gasteiger partial charge in [-0.05, 0) is 26.7 Å². The molecule has 0 aliphatic carbocycles. The van der Waals surface area contributed by atoms with Crippen molar-refractivity contribution in [3.63, 3.8) is 0 Å². The fourth-order valence-electron chi connectivity index (χ4n) is 1.44. The van der Waals surface area contributed by atoms with Crippen LogP contribution < -0.4 is 0 Å². The minimum absolute atomic E-state index is 0.541. The van der Waals surface area contributed by atoms with Gasteiger partial charge in [0.2, 0.25) is 0 Å². The second kappa shape index (κ2) is 4.80. The van der Waals surface area contributed by atoms with Gasteiger partial charge < -0.3 is 5.11 Å². The Kier molecular flexibility index (Phi) is 3.96. The molecule has 0 bridgehead atoms. The first-order valence-electron chi connectivity index (χ1n) is 4.97. The minimum Gasteiger partial charge on any atom is -0.372 e. The van der Waals surface area contributed by atoms with Crippen molar-refractivity contribution in [2.75, 3.05) is 0 Å². The summed E-state index contributed by atoms with van der Waals surface area (Å²) >= 11 is 5.98. The van der Waals surface area contributed by atoms with E-state index in [2.05, 4.69) is 12.0 Å². The summed E-state index contributed by atoms with van der Waals surface area (Å²) in [6.45, 7) is 5.82. The summed E-state index contributed by atoms with van der Waals surface area (Å²) in [6.07, 6.45) is 2.26. The van der Waals surface area contributed by atoms with Crippen molar-refractivity contribution >= 4 is 11.6 Å². The predicted molar refractivity (Wildman–Crippen MR) is 57.5 cm³/mol. The maximum Gasteiger partial charge on any atom is 0.147 e. The van der Waals surface area contributed by atoms with Crippen LogP contribution >= 0.6 is 11.6 Å². The van der Waals surface area contributed by atoms with Crippen molar-refractivity contribution in [2.24, 2.45) is 0 Å². The number of unbranched alkanes of at least 4 members (excludes halogenated alkanes) is 1. The van der Waals surface area contributed by atoms with E-state index in [1.54, 1.807) is 4.68 Å². The zero-order valence-electron chi connectivity index (χ0n) is 8.92. The van der Waals surface area contributed by atoms with E-state index in [9.17, 15) is 5.11 Å². The largest absolute Gasteiger partial charge is 0.372 e. The molecule has 0 aliphatic heterocycles. The van der Waals surface area contributed by atoms with Crippen LogP contribution in [0.3, 0.4) is 0 Å². The van der Waals surface area contributed by atoms with Gasteiger partial charge in [-0.2, -0.15) is 5.10 Å². The number of nitrogens with zero attached hydrogens (tertiary/aromatic N) is 2. The molecule has 1 aromatic heterocycles. The lowest BCUT2D eigenvalue weighted by Gasteiger charge is -2.12. The fourth-order valence-corrected chi connectivity index (χ4v) is 1.57. The van der Waals surface area contributed by atoms with Gasteiger partial charge in [0.15, 0.2) is 0 Å². The third kappa shape index (κ3) is 2.28. The van der Waals surface area contributed by atoms with E-state index in [0.717, 1.165) is 30.7 Å². The van der Waals surface area contributed by atoms with Crippen molar-refractivity contribution in [2.45, 2.75) is 46.3 Å². The predicted octanol–water partition coefficient (Wildman–Crippen LogP) is 2.83. The highest BCUT2D eigenvalue weighted by Crippen LogP contribution is 2.23. The number of aryl methyl sites for hydroxylation is 1. The number of rotatable bonds is 4. The van der Waals surface area contributed by atoms with Crippen molar-refractivity contribution in [1.82, 2.24) is 9.78 Å². The van der Waals surface area contributed by atoms with E-state index >= 15 is 0 Å². The molecular weight excluding hydrogens is 200 g/mol. The van der Waals surface area contributed by atoms with Gasteiger partial charge in [-0.3, -0.25) is 0 Å². The Morgan fingerprint density at radius 2 is 2.14 bits per heavy atom. The molecule has 1 unspecified atom stereocenters. The molecule has 0 aromatic carbocycles. The maximum atomic E-state index is 9.81. The van der Waals surface area contributed by atoms with Crippen LogP contribution in [0.2, 0.25) is 5.02 Å². The Bertz CT molecular complexity index is 309. The Balaban J connectivity index is 2.79. The Labute approximate surface area is 89.7 Å². The molecule has 1 heterocycles. The summed E-state index contributed by atoms with van der Waals surface area (Å²) in [7, 11) is 0. The van der Waals surface area contributed by atoms with Crippen LogP contribution in [0.5, 0.6) is 0 Å². The van der Waals surface area contributed by atoms with E-state index in [0.29, 0.717) is 5.02 Å². The first-order chi connectivity index (χ1) is 6.57. The molecule has 0 amide bonds. The highest BCUT2D eigenvalue weighted by atomic mass is 35.5. The van der Waals surface area contributed by atoms with Crippen molar-refractivity contribution in [3.8, 4) is 0 Å². The third-order valence-electron chi connectivity index (χ3n) is 2.33. The van der Waals surface area contributed by atoms with Crippen LogP contribution in [0, 0.1) is 13.8 Å². The molecule has 80 valence electrons. The molecule has 0 fully saturated rings. The van der Waals surface area contributed by atoms with Gasteiger partial charge in [0.25, 0.3) is 0 Å². The van der Waals surface area contributed by atoms with Crippen molar-refractivity contribution in [1.29, 1.82) is 0 Å². The molecule has 0 saturated carbocycles. The lowest BCUT2D eigenvalue weighted by molar-refractivity contribution is 0.0768. The van der Waals surface area contributed by atoms with Crippen LogP contribution in [-0.2, 0) is 0 Å². The van der Waals surface area contributed by atoms with Gasteiger partial charge in [-0.1, -0.05) is 24.9 Å². The van der Waals surface area contributed by atoms with Crippen LogP contribution in [-0.4, -0.2) is 14.9 Å². The standard InChI is InChI=1S/C10H17ClN2O/c1-4-5-6-9(14)13-8(3)10(11)7(2)12-13/h9,14H,4-6H2,1-3H3. The number of aromatic nitrogens is 2. The number of hydrogen-bond donors (Lipinski definition) is 1. The van der Waals surface area contributed by atoms with E-state index in [1.165, 1.54) is 0 Å². The highest BCUT2D eigenvalue weighted by molar-refractivity contribution is 6.31. The fraction of sp³-hybridized carbons (Fsp3) is 0.700. The summed E-state index contributed by atoms with van der Waals surface area (Å²) in [5, 5.41) is 14.7. The first-order valence-corrected chi connectivity index (χ1v) is 5.35. The Hall–Kier alpha value is -0.540.